The molecule has 0 spiro atoms. The summed E-state index contributed by atoms with van der Waals surface area (Å²) in [5.41, 5.74) is 0.564. The van der Waals surface area contributed by atoms with Gasteiger partial charge >= 0.3 is 5.97 Å². The predicted octanol–water partition coefficient (Wildman–Crippen LogP) is 0.855. The van der Waals surface area contributed by atoms with E-state index in [0.717, 1.165) is 6.08 Å². The third-order valence-corrected chi connectivity index (χ3v) is 2.32. The van der Waals surface area contributed by atoms with Crippen LogP contribution in [0.2, 0.25) is 0 Å². The predicted molar refractivity (Wildman–Crippen MR) is 59.7 cm³/mol. The maximum atomic E-state index is 11.8. The number of imide groups is 1. The molecule has 1 aromatic carbocycles. The van der Waals surface area contributed by atoms with Crippen LogP contribution in [-0.2, 0) is 9.63 Å². The van der Waals surface area contributed by atoms with Crippen LogP contribution in [0.1, 0.15) is 20.7 Å². The van der Waals surface area contributed by atoms with Crippen molar-refractivity contribution in [3.63, 3.8) is 0 Å². The molecule has 2 amide bonds. The number of carbonyl (C=O) groups excluding carboxylic acids is 2. The highest BCUT2D eigenvalue weighted by Gasteiger charge is 2.36. The molecule has 18 heavy (non-hydrogen) atoms. The first kappa shape index (κ1) is 12.0. The fraction of sp³-hybridized carbons (Fsp3) is 0.0833. The van der Waals surface area contributed by atoms with Gasteiger partial charge in [0.1, 0.15) is 0 Å². The molecular weight excluding hydrogens is 238 g/mol. The first-order chi connectivity index (χ1) is 8.61. The number of fused-ring (bicyclic) bond motifs is 1. The van der Waals surface area contributed by atoms with Gasteiger partial charge in [0.25, 0.3) is 11.8 Å². The van der Waals surface area contributed by atoms with E-state index in [0.29, 0.717) is 5.06 Å². The van der Waals surface area contributed by atoms with Crippen molar-refractivity contribution in [1.82, 2.24) is 5.06 Å². The van der Waals surface area contributed by atoms with Crippen LogP contribution in [0.5, 0.6) is 0 Å². The largest absolute Gasteiger partial charge is 0.478 e. The first-order valence-corrected chi connectivity index (χ1v) is 5.11. The highest BCUT2D eigenvalue weighted by Crippen LogP contribution is 2.22. The van der Waals surface area contributed by atoms with Crippen LogP contribution in [0.4, 0.5) is 0 Å². The molecule has 0 fully saturated rings. The molecule has 0 atom stereocenters. The molecule has 6 nitrogen and oxygen atoms in total. The molecule has 0 saturated heterocycles. The van der Waals surface area contributed by atoms with E-state index in [1.165, 1.54) is 18.2 Å². The summed E-state index contributed by atoms with van der Waals surface area (Å²) in [5.74, 6) is -2.21. The monoisotopic (exact) mass is 247 g/mol. The lowest BCUT2D eigenvalue weighted by Crippen LogP contribution is -2.30. The summed E-state index contributed by atoms with van der Waals surface area (Å²) in [6.07, 6.45) is 2.07. The molecule has 92 valence electrons. The highest BCUT2D eigenvalue weighted by molar-refractivity contribution is 6.20. The number of hydroxylamine groups is 2. The third-order valence-electron chi connectivity index (χ3n) is 2.32. The Morgan fingerprint density at radius 2 is 1.78 bits per heavy atom. The average Bonchev–Trinajstić information content (AvgIpc) is 2.59. The van der Waals surface area contributed by atoms with Gasteiger partial charge in [0, 0.05) is 6.08 Å². The molecule has 0 aromatic heterocycles. The lowest BCUT2D eigenvalue weighted by molar-refractivity contribution is -0.131. The minimum absolute atomic E-state index is 0.169. The number of nitrogens with zero attached hydrogens (tertiary/aromatic N) is 1. The van der Waals surface area contributed by atoms with Gasteiger partial charge in [-0.2, -0.15) is 0 Å². The summed E-state index contributed by atoms with van der Waals surface area (Å²) >= 11 is 0. The van der Waals surface area contributed by atoms with Crippen molar-refractivity contribution in [3.05, 3.63) is 47.5 Å². The minimum atomic E-state index is -1.12. The zero-order valence-corrected chi connectivity index (χ0v) is 9.20. The number of hydrogen-bond donors (Lipinski definition) is 1. The average molecular weight is 247 g/mol. The van der Waals surface area contributed by atoms with Crippen molar-refractivity contribution in [2.45, 2.75) is 0 Å². The van der Waals surface area contributed by atoms with Gasteiger partial charge in [-0.1, -0.05) is 12.1 Å². The Bertz CT molecular complexity index is 514. The Morgan fingerprint density at radius 1 is 1.22 bits per heavy atom. The van der Waals surface area contributed by atoms with Crippen LogP contribution in [0.3, 0.4) is 0 Å². The quantitative estimate of drug-likeness (QED) is 0.630. The van der Waals surface area contributed by atoms with Crippen molar-refractivity contribution in [3.8, 4) is 0 Å². The number of amides is 2. The zero-order chi connectivity index (χ0) is 13.1. The van der Waals surface area contributed by atoms with Gasteiger partial charge in [0.05, 0.1) is 17.7 Å². The van der Waals surface area contributed by atoms with Crippen molar-refractivity contribution in [2.24, 2.45) is 0 Å². The molecule has 0 bridgehead atoms. The van der Waals surface area contributed by atoms with E-state index in [9.17, 15) is 14.4 Å². The van der Waals surface area contributed by atoms with Crippen LogP contribution in [-0.4, -0.2) is 34.6 Å². The standard InChI is InChI=1S/C12H9NO5/c14-10(15)6-3-7-18-13-11(16)8-4-1-2-5-9(8)12(13)17/h1-6H,7H2,(H,14,15)/b6-3+. The van der Waals surface area contributed by atoms with Crippen molar-refractivity contribution < 1.29 is 24.3 Å². The maximum Gasteiger partial charge on any atom is 0.328 e. The Labute approximate surface area is 102 Å². The summed E-state index contributed by atoms with van der Waals surface area (Å²) < 4.78 is 0. The van der Waals surface area contributed by atoms with Gasteiger partial charge in [-0.25, -0.2) is 4.79 Å². The smallest absolute Gasteiger partial charge is 0.328 e. The molecule has 1 aromatic rings. The van der Waals surface area contributed by atoms with E-state index in [1.54, 1.807) is 12.1 Å². The van der Waals surface area contributed by atoms with Gasteiger partial charge in [0.2, 0.25) is 0 Å². The van der Waals surface area contributed by atoms with E-state index in [-0.39, 0.29) is 17.7 Å². The normalized spacial score (nSPS) is 14.3. The number of carbonyl (C=O) groups is 3. The second-order valence-electron chi connectivity index (χ2n) is 3.49. The lowest BCUT2D eigenvalue weighted by Gasteiger charge is -2.11. The van der Waals surface area contributed by atoms with Gasteiger partial charge in [-0.05, 0) is 18.2 Å². The Hall–Kier alpha value is -2.47. The fourth-order valence-electron chi connectivity index (χ4n) is 1.55. The summed E-state index contributed by atoms with van der Waals surface area (Å²) in [6, 6.07) is 6.37. The lowest BCUT2D eigenvalue weighted by atomic mass is 10.1. The summed E-state index contributed by atoms with van der Waals surface area (Å²) in [7, 11) is 0. The molecule has 0 unspecified atom stereocenters. The topological polar surface area (TPSA) is 83.9 Å². The minimum Gasteiger partial charge on any atom is -0.478 e. The summed E-state index contributed by atoms with van der Waals surface area (Å²) in [4.78, 5) is 38.7. The van der Waals surface area contributed by atoms with E-state index >= 15 is 0 Å². The molecule has 6 heteroatoms. The number of aliphatic carboxylic acids is 1. The Kier molecular flexibility index (Phi) is 3.20. The van der Waals surface area contributed by atoms with Gasteiger partial charge in [-0.15, -0.1) is 5.06 Å². The summed E-state index contributed by atoms with van der Waals surface area (Å²) in [5, 5.41) is 9.00. The van der Waals surface area contributed by atoms with Crippen molar-refractivity contribution >= 4 is 17.8 Å². The maximum absolute atomic E-state index is 11.8. The van der Waals surface area contributed by atoms with Crippen molar-refractivity contribution in [2.75, 3.05) is 6.61 Å². The molecule has 1 N–H and O–H groups in total. The first-order valence-electron chi connectivity index (χ1n) is 5.11. The molecule has 1 heterocycles. The van der Waals surface area contributed by atoms with E-state index in [2.05, 4.69) is 0 Å². The molecule has 1 aliphatic heterocycles. The number of benzene rings is 1. The number of carboxylic acids is 1. The highest BCUT2D eigenvalue weighted by atomic mass is 16.7. The molecular formula is C12H9NO5. The molecule has 0 radical (unpaired) electrons. The zero-order valence-electron chi connectivity index (χ0n) is 9.20. The van der Waals surface area contributed by atoms with E-state index in [1.807, 2.05) is 0 Å². The number of carboxylic acid groups (broad SMARTS) is 1. The second kappa shape index (κ2) is 4.80. The van der Waals surface area contributed by atoms with Crippen LogP contribution in [0.25, 0.3) is 0 Å². The summed E-state index contributed by atoms with van der Waals surface area (Å²) in [6.45, 7) is -0.169. The Morgan fingerprint density at radius 3 is 2.28 bits per heavy atom. The molecule has 2 rings (SSSR count). The van der Waals surface area contributed by atoms with Crippen molar-refractivity contribution in [1.29, 1.82) is 0 Å². The van der Waals surface area contributed by atoms with Crippen LogP contribution >= 0.6 is 0 Å². The number of rotatable bonds is 4. The van der Waals surface area contributed by atoms with Gasteiger partial charge in [0.15, 0.2) is 0 Å². The molecule has 0 aliphatic carbocycles. The van der Waals surface area contributed by atoms with E-state index in [4.69, 9.17) is 9.94 Å². The fourth-order valence-corrected chi connectivity index (χ4v) is 1.55. The molecule has 0 saturated carbocycles. The SMILES string of the molecule is O=C(O)/C=C/CON1C(=O)c2ccccc2C1=O. The second-order valence-corrected chi connectivity index (χ2v) is 3.49. The van der Waals surface area contributed by atoms with Gasteiger partial charge in [-0.3, -0.25) is 14.4 Å². The van der Waals surface area contributed by atoms with E-state index < -0.39 is 17.8 Å². The Balaban J connectivity index is 2.07. The van der Waals surface area contributed by atoms with Crippen LogP contribution in [0.15, 0.2) is 36.4 Å². The number of hydrogen-bond acceptors (Lipinski definition) is 4. The third kappa shape index (κ3) is 2.14. The molecule has 1 aliphatic rings. The van der Waals surface area contributed by atoms with Gasteiger partial charge < -0.3 is 5.11 Å². The van der Waals surface area contributed by atoms with Crippen LogP contribution in [0, 0.1) is 0 Å². The van der Waals surface area contributed by atoms with Crippen LogP contribution < -0.4 is 0 Å².